The minimum atomic E-state index is -0.841. The third-order valence-corrected chi connectivity index (χ3v) is 3.06. The van der Waals surface area contributed by atoms with Crippen molar-refractivity contribution in [2.45, 2.75) is 52.7 Å². The summed E-state index contributed by atoms with van der Waals surface area (Å²) >= 11 is 0. The van der Waals surface area contributed by atoms with Gasteiger partial charge >= 0.3 is 0 Å². The van der Waals surface area contributed by atoms with E-state index in [0.29, 0.717) is 6.42 Å². The van der Waals surface area contributed by atoms with Crippen molar-refractivity contribution in [2.75, 3.05) is 0 Å². The number of hydrogen-bond donors (Lipinski definition) is 1. The molecule has 0 radical (unpaired) electrons. The minimum absolute atomic E-state index is 0.0838. The zero-order valence-corrected chi connectivity index (χ0v) is 11.9. The van der Waals surface area contributed by atoms with Crippen molar-refractivity contribution < 1.29 is 4.74 Å². The average molecular weight is 246 g/mol. The Kier molecular flexibility index (Phi) is 4.37. The Labute approximate surface area is 110 Å². The summed E-state index contributed by atoms with van der Waals surface area (Å²) in [6, 6.07) is 6.25. The lowest BCUT2D eigenvalue weighted by molar-refractivity contribution is 0.190. The highest BCUT2D eigenvalue weighted by Gasteiger charge is 2.22. The molecule has 3 nitrogen and oxygen atoms in total. The van der Waals surface area contributed by atoms with Gasteiger partial charge in [-0.15, -0.1) is 0 Å². The molecule has 0 heterocycles. The highest BCUT2D eigenvalue weighted by molar-refractivity contribution is 5.42. The van der Waals surface area contributed by atoms with Gasteiger partial charge in [0.15, 0.2) is 0 Å². The first kappa shape index (κ1) is 14.5. The molecule has 0 saturated heterocycles. The van der Waals surface area contributed by atoms with Gasteiger partial charge < -0.3 is 10.5 Å². The van der Waals surface area contributed by atoms with Crippen LogP contribution >= 0.6 is 0 Å². The first-order chi connectivity index (χ1) is 8.25. The Morgan fingerprint density at radius 2 is 2.00 bits per heavy atom. The van der Waals surface area contributed by atoms with Crippen LogP contribution in [0.5, 0.6) is 5.75 Å². The molecule has 18 heavy (non-hydrogen) atoms. The Morgan fingerprint density at radius 3 is 2.56 bits per heavy atom. The average Bonchev–Trinajstić information content (AvgIpc) is 2.24. The van der Waals surface area contributed by atoms with Crippen molar-refractivity contribution in [1.29, 1.82) is 5.26 Å². The van der Waals surface area contributed by atoms with Crippen LogP contribution in [0.25, 0.3) is 0 Å². The smallest absolute Gasteiger partial charge is 0.123 e. The summed E-state index contributed by atoms with van der Waals surface area (Å²) in [4.78, 5) is 0. The van der Waals surface area contributed by atoms with Crippen LogP contribution in [-0.2, 0) is 0 Å². The van der Waals surface area contributed by atoms with Crippen LogP contribution in [0.4, 0.5) is 0 Å². The van der Waals surface area contributed by atoms with E-state index in [1.165, 1.54) is 11.1 Å². The predicted octanol–water partition coefficient (Wildman–Crippen LogP) is 3.01. The van der Waals surface area contributed by atoms with E-state index < -0.39 is 5.54 Å². The van der Waals surface area contributed by atoms with Crippen molar-refractivity contribution in [1.82, 2.24) is 0 Å². The SMILES string of the molecule is Cc1cc(C)c(C)c(OC(C)CC(C)(N)C#N)c1. The molecule has 0 aliphatic rings. The monoisotopic (exact) mass is 246 g/mol. The summed E-state index contributed by atoms with van der Waals surface area (Å²) in [6.45, 7) is 9.83. The van der Waals surface area contributed by atoms with Crippen LogP contribution in [0, 0.1) is 32.1 Å². The number of nitriles is 1. The number of hydrogen-bond acceptors (Lipinski definition) is 3. The lowest BCUT2D eigenvalue weighted by Crippen LogP contribution is -2.38. The first-order valence-corrected chi connectivity index (χ1v) is 6.20. The highest BCUT2D eigenvalue weighted by Crippen LogP contribution is 2.25. The van der Waals surface area contributed by atoms with Crippen molar-refractivity contribution in [3.63, 3.8) is 0 Å². The Bertz CT molecular complexity index is 472. The van der Waals surface area contributed by atoms with E-state index in [2.05, 4.69) is 19.1 Å². The molecule has 2 unspecified atom stereocenters. The van der Waals surface area contributed by atoms with Gasteiger partial charge in [-0.05, 0) is 57.4 Å². The molecule has 0 aliphatic carbocycles. The quantitative estimate of drug-likeness (QED) is 0.888. The molecule has 0 bridgehead atoms. The van der Waals surface area contributed by atoms with Crippen LogP contribution in [0.2, 0.25) is 0 Å². The van der Waals surface area contributed by atoms with Crippen molar-refractivity contribution >= 4 is 0 Å². The molecule has 0 aromatic heterocycles. The van der Waals surface area contributed by atoms with Crippen molar-refractivity contribution in [3.05, 3.63) is 28.8 Å². The fourth-order valence-electron chi connectivity index (χ4n) is 2.02. The van der Waals surface area contributed by atoms with E-state index in [9.17, 15) is 0 Å². The van der Waals surface area contributed by atoms with E-state index in [1.807, 2.05) is 26.8 Å². The van der Waals surface area contributed by atoms with Gasteiger partial charge in [-0.2, -0.15) is 5.26 Å². The summed E-state index contributed by atoms with van der Waals surface area (Å²) in [5, 5.41) is 8.92. The molecule has 1 aromatic carbocycles. The van der Waals surface area contributed by atoms with Crippen LogP contribution in [0.15, 0.2) is 12.1 Å². The van der Waals surface area contributed by atoms with Crippen LogP contribution in [0.3, 0.4) is 0 Å². The van der Waals surface area contributed by atoms with Gasteiger partial charge in [0.1, 0.15) is 11.3 Å². The topological polar surface area (TPSA) is 59.0 Å². The number of nitrogens with zero attached hydrogens (tertiary/aromatic N) is 1. The summed E-state index contributed by atoms with van der Waals surface area (Å²) in [5.41, 5.74) is 8.52. The molecule has 98 valence electrons. The highest BCUT2D eigenvalue weighted by atomic mass is 16.5. The van der Waals surface area contributed by atoms with Gasteiger partial charge in [0, 0.05) is 6.42 Å². The Hall–Kier alpha value is -1.53. The van der Waals surface area contributed by atoms with Gasteiger partial charge in [-0.3, -0.25) is 0 Å². The molecular weight excluding hydrogens is 224 g/mol. The van der Waals surface area contributed by atoms with Gasteiger partial charge in [0.2, 0.25) is 0 Å². The van der Waals surface area contributed by atoms with Crippen LogP contribution in [0.1, 0.15) is 37.0 Å². The zero-order chi connectivity index (χ0) is 13.9. The fraction of sp³-hybridized carbons (Fsp3) is 0.533. The summed E-state index contributed by atoms with van der Waals surface area (Å²) in [6.07, 6.45) is 0.426. The second-order valence-electron chi connectivity index (χ2n) is 5.37. The zero-order valence-electron chi connectivity index (χ0n) is 11.9. The standard InChI is InChI=1S/C15H22N2O/c1-10-6-11(2)13(4)14(7-10)18-12(3)8-15(5,17)9-16/h6-7,12H,8,17H2,1-5H3. The number of ether oxygens (including phenoxy) is 1. The molecule has 1 aromatic rings. The molecule has 2 atom stereocenters. The largest absolute Gasteiger partial charge is 0.490 e. The molecular formula is C15H22N2O. The molecule has 0 aliphatic heterocycles. The first-order valence-electron chi connectivity index (χ1n) is 6.20. The van der Waals surface area contributed by atoms with E-state index in [0.717, 1.165) is 11.3 Å². The number of benzene rings is 1. The van der Waals surface area contributed by atoms with Gasteiger partial charge in [-0.25, -0.2) is 0 Å². The number of aryl methyl sites for hydroxylation is 2. The van der Waals surface area contributed by atoms with Crippen LogP contribution in [-0.4, -0.2) is 11.6 Å². The van der Waals surface area contributed by atoms with E-state index in [-0.39, 0.29) is 6.10 Å². The van der Waals surface area contributed by atoms with Gasteiger partial charge in [0.05, 0.1) is 12.2 Å². The van der Waals surface area contributed by atoms with Gasteiger partial charge in [0.25, 0.3) is 0 Å². The third-order valence-electron chi connectivity index (χ3n) is 3.06. The van der Waals surface area contributed by atoms with E-state index in [4.69, 9.17) is 15.7 Å². The number of rotatable bonds is 4. The molecule has 0 fully saturated rings. The lowest BCUT2D eigenvalue weighted by Gasteiger charge is -2.23. The molecule has 0 spiro atoms. The molecule has 3 heteroatoms. The maximum absolute atomic E-state index is 8.92. The second kappa shape index (κ2) is 5.41. The molecule has 2 N–H and O–H groups in total. The number of nitrogens with two attached hydrogens (primary N) is 1. The summed E-state index contributed by atoms with van der Waals surface area (Å²) in [5.74, 6) is 0.883. The minimum Gasteiger partial charge on any atom is -0.490 e. The predicted molar refractivity (Wildman–Crippen MR) is 73.6 cm³/mol. The van der Waals surface area contributed by atoms with Gasteiger partial charge in [-0.1, -0.05) is 6.07 Å². The summed E-state index contributed by atoms with van der Waals surface area (Å²) in [7, 11) is 0. The van der Waals surface area contributed by atoms with E-state index >= 15 is 0 Å². The Morgan fingerprint density at radius 1 is 1.39 bits per heavy atom. The fourth-order valence-corrected chi connectivity index (χ4v) is 2.02. The van der Waals surface area contributed by atoms with Crippen LogP contribution < -0.4 is 10.5 Å². The Balaban J connectivity index is 2.83. The van der Waals surface area contributed by atoms with Crippen molar-refractivity contribution in [2.24, 2.45) is 5.73 Å². The second-order valence-corrected chi connectivity index (χ2v) is 5.37. The maximum Gasteiger partial charge on any atom is 0.123 e. The lowest BCUT2D eigenvalue weighted by atomic mass is 9.98. The van der Waals surface area contributed by atoms with E-state index in [1.54, 1.807) is 6.92 Å². The summed E-state index contributed by atoms with van der Waals surface area (Å²) < 4.78 is 5.91. The third kappa shape index (κ3) is 3.75. The molecule has 1 rings (SSSR count). The van der Waals surface area contributed by atoms with Crippen molar-refractivity contribution in [3.8, 4) is 11.8 Å². The maximum atomic E-state index is 8.92. The molecule has 0 amide bonds. The normalized spacial score (nSPS) is 15.6. The molecule has 0 saturated carbocycles.